The Morgan fingerprint density at radius 3 is 2.78 bits per heavy atom. The van der Waals surface area contributed by atoms with Gasteiger partial charge >= 0.3 is 11.7 Å². The number of aliphatic hydroxyl groups is 2. The van der Waals surface area contributed by atoms with Gasteiger partial charge < -0.3 is 25.8 Å². The number of ether oxygens (including phenoxy) is 1. The summed E-state index contributed by atoms with van der Waals surface area (Å²) < 4.78 is 18.9. The van der Waals surface area contributed by atoms with E-state index < -0.39 is 36.7 Å². The monoisotopic (exact) mass is 327 g/mol. The van der Waals surface area contributed by atoms with Crippen LogP contribution < -0.4 is 11.4 Å². The van der Waals surface area contributed by atoms with Gasteiger partial charge in [0.2, 0.25) is 0 Å². The molecule has 0 aromatic carbocycles. The molecule has 0 aliphatic carbocycles. The van der Waals surface area contributed by atoms with E-state index >= 15 is 0 Å². The molecule has 1 aliphatic heterocycles. The van der Waals surface area contributed by atoms with Gasteiger partial charge in [-0.2, -0.15) is 4.98 Å². The van der Waals surface area contributed by atoms with Crippen molar-refractivity contribution in [2.75, 3.05) is 12.3 Å². The molecule has 2 rings (SSSR count). The number of nitrogens with zero attached hydrogens (tertiary/aromatic N) is 2. The van der Waals surface area contributed by atoms with Gasteiger partial charge in [-0.3, -0.25) is 4.57 Å². The van der Waals surface area contributed by atoms with Crippen molar-refractivity contribution in [1.29, 1.82) is 0 Å². The van der Waals surface area contributed by atoms with Crippen molar-refractivity contribution in [3.63, 3.8) is 0 Å². The van der Waals surface area contributed by atoms with Gasteiger partial charge in [-0.1, -0.05) is 0 Å². The highest BCUT2D eigenvalue weighted by Gasteiger charge is 2.40. The normalized spacial score (nSPS) is 26.2. The molecular weight excluding hydrogens is 313 g/mol. The van der Waals surface area contributed by atoms with E-state index in [0.717, 1.165) is 22.9 Å². The van der Waals surface area contributed by atoms with Gasteiger partial charge in [0.25, 0.3) is 0 Å². The minimum Gasteiger partial charge on any atom is -0.478 e. The second-order valence-corrected chi connectivity index (χ2v) is 4.69. The van der Waals surface area contributed by atoms with E-state index in [-0.39, 0.29) is 23.3 Å². The lowest BCUT2D eigenvalue weighted by atomic mass is 10.1. The van der Waals surface area contributed by atoms with Crippen molar-refractivity contribution < 1.29 is 29.2 Å². The van der Waals surface area contributed by atoms with Gasteiger partial charge in [0.05, 0.1) is 12.9 Å². The average Bonchev–Trinajstić information content (AvgIpc) is 2.82. The molecule has 2 heterocycles. The number of carbonyl (C=O) groups is 1. The number of aliphatic carboxylic acids is 1. The first-order valence-electron chi connectivity index (χ1n) is 6.43. The molecule has 0 spiro atoms. The van der Waals surface area contributed by atoms with Crippen LogP contribution in [0, 0.1) is 0 Å². The van der Waals surface area contributed by atoms with E-state index in [1.165, 1.54) is 0 Å². The van der Waals surface area contributed by atoms with Crippen LogP contribution in [0.3, 0.4) is 0 Å². The van der Waals surface area contributed by atoms with Crippen LogP contribution >= 0.6 is 0 Å². The van der Waals surface area contributed by atoms with Crippen LogP contribution in [-0.4, -0.2) is 49.7 Å². The fourth-order valence-corrected chi connectivity index (χ4v) is 2.15. The third-order valence-corrected chi connectivity index (χ3v) is 3.27. The Balaban J connectivity index is 2.46. The summed E-state index contributed by atoms with van der Waals surface area (Å²) in [6, 6.07) is 0. The lowest BCUT2D eigenvalue weighted by molar-refractivity contribution is -0.131. The summed E-state index contributed by atoms with van der Waals surface area (Å²) in [4.78, 5) is 26.0. The Morgan fingerprint density at radius 2 is 2.26 bits per heavy atom. The largest absolute Gasteiger partial charge is 0.478 e. The average molecular weight is 327 g/mol. The number of nitrogen functional groups attached to an aromatic ring is 1. The van der Waals surface area contributed by atoms with Crippen molar-refractivity contribution in [3.8, 4) is 0 Å². The Hall–Kier alpha value is -2.56. The standard InChI is InChI=1S/C13H14FN3O6/c14-3-7-8(5-18)23-12(10(7)21)17-4-6(1-2-9(19)20)11(15)16-13(17)22/h1-4,8,10,12,18,21H,5H2,(H,19,20)(H2,15,16,22). The van der Waals surface area contributed by atoms with Gasteiger partial charge in [0.15, 0.2) is 6.23 Å². The Kier molecular flexibility index (Phi) is 4.89. The van der Waals surface area contributed by atoms with Crippen LogP contribution in [0.4, 0.5) is 10.2 Å². The molecule has 1 aromatic rings. The van der Waals surface area contributed by atoms with Crippen molar-refractivity contribution in [3.05, 3.63) is 40.2 Å². The fraction of sp³-hybridized carbons (Fsp3) is 0.308. The summed E-state index contributed by atoms with van der Waals surface area (Å²) in [7, 11) is 0. The van der Waals surface area contributed by atoms with Gasteiger partial charge in [-0.25, -0.2) is 14.0 Å². The van der Waals surface area contributed by atoms with E-state index in [9.17, 15) is 19.1 Å². The molecular formula is C13H14FN3O6. The summed E-state index contributed by atoms with van der Waals surface area (Å²) in [5, 5.41) is 27.8. The highest BCUT2D eigenvalue weighted by molar-refractivity contribution is 5.86. The minimum atomic E-state index is -1.52. The molecule has 0 bridgehead atoms. The first kappa shape index (κ1) is 16.8. The molecule has 124 valence electrons. The lowest BCUT2D eigenvalue weighted by Crippen LogP contribution is -2.32. The molecule has 3 unspecified atom stereocenters. The SMILES string of the molecule is Nc1nc(=O)n(C2OC(CO)C(=CF)C2O)cc1C=CC(=O)O. The second kappa shape index (κ2) is 6.69. The predicted molar refractivity (Wildman–Crippen MR) is 75.8 cm³/mol. The van der Waals surface area contributed by atoms with E-state index in [1.54, 1.807) is 0 Å². The molecule has 1 aromatic heterocycles. The summed E-state index contributed by atoms with van der Waals surface area (Å²) in [5.74, 6) is -1.45. The number of carboxylic acid groups (broad SMARTS) is 1. The third kappa shape index (κ3) is 3.28. The molecule has 3 atom stereocenters. The number of aromatic nitrogens is 2. The fourth-order valence-electron chi connectivity index (χ4n) is 2.15. The summed E-state index contributed by atoms with van der Waals surface area (Å²) >= 11 is 0. The van der Waals surface area contributed by atoms with Crippen LogP contribution in [0.25, 0.3) is 6.08 Å². The first-order valence-corrected chi connectivity index (χ1v) is 6.43. The van der Waals surface area contributed by atoms with Gasteiger partial charge in [-0.05, 0) is 6.08 Å². The number of nitrogens with two attached hydrogens (primary N) is 1. The molecule has 1 aliphatic rings. The van der Waals surface area contributed by atoms with E-state index in [4.69, 9.17) is 20.7 Å². The van der Waals surface area contributed by atoms with E-state index in [1.807, 2.05) is 0 Å². The smallest absolute Gasteiger partial charge is 0.351 e. The number of aliphatic hydroxyl groups excluding tert-OH is 2. The number of hydrogen-bond donors (Lipinski definition) is 4. The Bertz CT molecular complexity index is 729. The molecule has 5 N–H and O–H groups in total. The first-order chi connectivity index (χ1) is 10.9. The molecule has 10 heteroatoms. The number of anilines is 1. The molecule has 9 nitrogen and oxygen atoms in total. The molecule has 1 saturated heterocycles. The zero-order chi connectivity index (χ0) is 17.1. The van der Waals surface area contributed by atoms with Crippen LogP contribution in [0.5, 0.6) is 0 Å². The van der Waals surface area contributed by atoms with Crippen LogP contribution in [0.1, 0.15) is 11.8 Å². The van der Waals surface area contributed by atoms with Gasteiger partial charge in [-0.15, -0.1) is 0 Å². The summed E-state index contributed by atoms with van der Waals surface area (Å²) in [5.41, 5.74) is 4.53. The maximum atomic E-state index is 12.8. The van der Waals surface area contributed by atoms with Crippen molar-refractivity contribution in [2.24, 2.45) is 0 Å². The number of rotatable bonds is 4. The second-order valence-electron chi connectivity index (χ2n) is 4.69. The van der Waals surface area contributed by atoms with Crippen molar-refractivity contribution in [2.45, 2.75) is 18.4 Å². The van der Waals surface area contributed by atoms with E-state index in [0.29, 0.717) is 0 Å². The predicted octanol–water partition coefficient (Wildman–Crippen LogP) is -0.973. The maximum absolute atomic E-state index is 12.8. The van der Waals surface area contributed by atoms with Gasteiger partial charge in [0.1, 0.15) is 18.0 Å². The number of hydrogen-bond acceptors (Lipinski definition) is 7. The van der Waals surface area contributed by atoms with Crippen molar-refractivity contribution in [1.82, 2.24) is 9.55 Å². The minimum absolute atomic E-state index is 0.0982. The zero-order valence-electron chi connectivity index (χ0n) is 11.7. The van der Waals surface area contributed by atoms with Crippen LogP contribution in [-0.2, 0) is 9.53 Å². The summed E-state index contributed by atoms with van der Waals surface area (Å²) in [6.07, 6.45) is -0.819. The zero-order valence-corrected chi connectivity index (χ0v) is 11.7. The Labute approximate surface area is 128 Å². The van der Waals surface area contributed by atoms with Crippen molar-refractivity contribution >= 4 is 17.9 Å². The highest BCUT2D eigenvalue weighted by Crippen LogP contribution is 2.33. The maximum Gasteiger partial charge on any atom is 0.351 e. The Morgan fingerprint density at radius 1 is 1.57 bits per heavy atom. The molecule has 23 heavy (non-hydrogen) atoms. The number of carboxylic acids is 1. The van der Waals surface area contributed by atoms with Crippen LogP contribution in [0.15, 0.2) is 29.0 Å². The highest BCUT2D eigenvalue weighted by atomic mass is 19.1. The van der Waals surface area contributed by atoms with Crippen LogP contribution in [0.2, 0.25) is 0 Å². The third-order valence-electron chi connectivity index (χ3n) is 3.27. The molecule has 0 radical (unpaired) electrons. The lowest BCUT2D eigenvalue weighted by Gasteiger charge is -2.17. The number of halogens is 1. The van der Waals surface area contributed by atoms with Gasteiger partial charge in [0, 0.05) is 23.4 Å². The summed E-state index contributed by atoms with van der Waals surface area (Å²) in [6.45, 7) is -0.591. The quantitative estimate of drug-likeness (QED) is 0.516. The molecule has 0 saturated carbocycles. The van der Waals surface area contributed by atoms with E-state index in [2.05, 4.69) is 4.98 Å². The molecule has 0 amide bonds. The topological polar surface area (TPSA) is 148 Å². The molecule has 1 fully saturated rings.